The van der Waals surface area contributed by atoms with Crippen molar-refractivity contribution < 1.29 is 14.3 Å². The molecule has 0 bridgehead atoms. The maximum absolute atomic E-state index is 11.9. The van der Waals surface area contributed by atoms with Crippen molar-refractivity contribution in [2.45, 2.75) is 40.3 Å². The van der Waals surface area contributed by atoms with Crippen molar-refractivity contribution in [1.29, 1.82) is 0 Å². The highest BCUT2D eigenvalue weighted by Gasteiger charge is 2.06. The van der Waals surface area contributed by atoms with Crippen LogP contribution in [0.2, 0.25) is 0 Å². The average molecular weight is 327 g/mol. The summed E-state index contributed by atoms with van der Waals surface area (Å²) < 4.78 is 11.2. The highest BCUT2D eigenvalue weighted by molar-refractivity contribution is 5.77. The summed E-state index contributed by atoms with van der Waals surface area (Å²) in [6.45, 7) is 8.47. The lowest BCUT2D eigenvalue weighted by atomic mass is 10.1. The molecule has 0 radical (unpaired) electrons. The predicted molar refractivity (Wildman–Crippen MR) is 95.5 cm³/mol. The molecular formula is C20H25NO3. The molecule has 4 nitrogen and oxygen atoms in total. The fourth-order valence-corrected chi connectivity index (χ4v) is 2.23. The highest BCUT2D eigenvalue weighted by atomic mass is 16.5. The van der Waals surface area contributed by atoms with E-state index in [0.717, 1.165) is 28.2 Å². The van der Waals surface area contributed by atoms with Crippen molar-refractivity contribution in [1.82, 2.24) is 5.32 Å². The summed E-state index contributed by atoms with van der Waals surface area (Å²) in [5, 5.41) is 2.86. The zero-order chi connectivity index (χ0) is 17.5. The number of nitrogens with one attached hydrogen (secondary N) is 1. The van der Waals surface area contributed by atoms with Gasteiger partial charge in [-0.05, 0) is 62.6 Å². The second kappa shape index (κ2) is 8.39. The lowest BCUT2D eigenvalue weighted by molar-refractivity contribution is -0.123. The van der Waals surface area contributed by atoms with E-state index in [9.17, 15) is 4.79 Å². The summed E-state index contributed by atoms with van der Waals surface area (Å²) in [6, 6.07) is 13.5. The maximum Gasteiger partial charge on any atom is 0.258 e. The molecule has 0 atom stereocenters. The van der Waals surface area contributed by atoms with Gasteiger partial charge in [0.25, 0.3) is 5.91 Å². The molecule has 2 rings (SSSR count). The number of hydrogen-bond donors (Lipinski definition) is 1. The van der Waals surface area contributed by atoms with Crippen LogP contribution in [0.1, 0.15) is 30.5 Å². The Morgan fingerprint density at radius 1 is 1.08 bits per heavy atom. The first-order valence-electron chi connectivity index (χ1n) is 8.17. The van der Waals surface area contributed by atoms with Crippen molar-refractivity contribution in [2.24, 2.45) is 0 Å². The van der Waals surface area contributed by atoms with E-state index in [1.807, 2.05) is 70.2 Å². The summed E-state index contributed by atoms with van der Waals surface area (Å²) in [6.07, 6.45) is 0.151. The molecular weight excluding hydrogens is 302 g/mol. The molecule has 0 unspecified atom stereocenters. The first-order valence-corrected chi connectivity index (χ1v) is 8.17. The molecule has 0 heterocycles. The highest BCUT2D eigenvalue weighted by Crippen LogP contribution is 2.20. The topological polar surface area (TPSA) is 47.6 Å². The average Bonchev–Trinajstić information content (AvgIpc) is 2.55. The monoisotopic (exact) mass is 327 g/mol. The zero-order valence-corrected chi connectivity index (χ0v) is 14.8. The van der Waals surface area contributed by atoms with E-state index in [-0.39, 0.29) is 18.6 Å². The summed E-state index contributed by atoms with van der Waals surface area (Å²) in [7, 11) is 0. The van der Waals surface area contributed by atoms with Crippen LogP contribution in [0.5, 0.6) is 11.5 Å². The predicted octanol–water partition coefficient (Wildman–Crippen LogP) is 3.79. The third-order valence-electron chi connectivity index (χ3n) is 3.70. The Hall–Kier alpha value is -2.49. The van der Waals surface area contributed by atoms with Crippen LogP contribution >= 0.6 is 0 Å². The molecule has 1 N–H and O–H groups in total. The molecule has 0 aromatic heterocycles. The number of ether oxygens (including phenoxy) is 2. The van der Waals surface area contributed by atoms with Crippen LogP contribution in [0.15, 0.2) is 42.5 Å². The van der Waals surface area contributed by atoms with Crippen LogP contribution < -0.4 is 14.8 Å². The molecule has 0 spiro atoms. The number of benzene rings is 2. The lowest BCUT2D eigenvalue weighted by Gasteiger charge is -2.12. The maximum atomic E-state index is 11.9. The van der Waals surface area contributed by atoms with E-state index in [4.69, 9.17) is 9.47 Å². The van der Waals surface area contributed by atoms with Gasteiger partial charge in [-0.1, -0.05) is 24.3 Å². The Morgan fingerprint density at radius 2 is 1.79 bits per heavy atom. The van der Waals surface area contributed by atoms with Gasteiger partial charge in [0, 0.05) is 6.54 Å². The summed E-state index contributed by atoms with van der Waals surface area (Å²) in [5.41, 5.74) is 3.23. The van der Waals surface area contributed by atoms with Crippen LogP contribution in [-0.2, 0) is 11.3 Å². The van der Waals surface area contributed by atoms with Crippen molar-refractivity contribution in [3.63, 3.8) is 0 Å². The standard InChI is InChI=1S/C20H25NO3/c1-14(2)24-18-10-8-17(9-11-18)12-21-20(22)13-23-19-7-5-6-15(3)16(19)4/h5-11,14H,12-13H2,1-4H3,(H,21,22). The minimum atomic E-state index is -0.140. The fourth-order valence-electron chi connectivity index (χ4n) is 2.23. The van der Waals surface area contributed by atoms with Gasteiger partial charge in [-0.25, -0.2) is 0 Å². The van der Waals surface area contributed by atoms with Crippen molar-refractivity contribution >= 4 is 5.91 Å². The summed E-state index contributed by atoms with van der Waals surface area (Å²) in [4.78, 5) is 11.9. The first kappa shape index (κ1) is 17.9. The van der Waals surface area contributed by atoms with E-state index in [1.165, 1.54) is 0 Å². The molecule has 0 saturated carbocycles. The summed E-state index contributed by atoms with van der Waals surface area (Å²) in [5.74, 6) is 1.44. The molecule has 4 heteroatoms. The number of aryl methyl sites for hydroxylation is 1. The smallest absolute Gasteiger partial charge is 0.258 e. The van der Waals surface area contributed by atoms with E-state index in [2.05, 4.69) is 5.32 Å². The molecule has 0 saturated heterocycles. The van der Waals surface area contributed by atoms with Gasteiger partial charge >= 0.3 is 0 Å². The molecule has 24 heavy (non-hydrogen) atoms. The molecule has 2 aromatic rings. The van der Waals surface area contributed by atoms with Crippen molar-refractivity contribution in [2.75, 3.05) is 6.61 Å². The molecule has 2 aromatic carbocycles. The lowest BCUT2D eigenvalue weighted by Crippen LogP contribution is -2.28. The number of carbonyl (C=O) groups is 1. The SMILES string of the molecule is Cc1cccc(OCC(=O)NCc2ccc(OC(C)C)cc2)c1C. The van der Waals surface area contributed by atoms with Crippen LogP contribution in [0.4, 0.5) is 0 Å². The van der Waals surface area contributed by atoms with E-state index in [1.54, 1.807) is 0 Å². The summed E-state index contributed by atoms with van der Waals surface area (Å²) >= 11 is 0. The number of carbonyl (C=O) groups excluding carboxylic acids is 1. The molecule has 0 aliphatic rings. The van der Waals surface area contributed by atoms with Gasteiger partial charge in [0.2, 0.25) is 0 Å². The molecule has 0 aliphatic heterocycles. The fraction of sp³-hybridized carbons (Fsp3) is 0.350. The molecule has 128 valence electrons. The van der Waals surface area contributed by atoms with Gasteiger partial charge in [0.15, 0.2) is 6.61 Å². The van der Waals surface area contributed by atoms with Gasteiger partial charge in [0.1, 0.15) is 11.5 Å². The minimum absolute atomic E-state index is 0.0127. The second-order valence-corrected chi connectivity index (χ2v) is 6.07. The quantitative estimate of drug-likeness (QED) is 0.842. The number of amides is 1. The minimum Gasteiger partial charge on any atom is -0.491 e. The van der Waals surface area contributed by atoms with Crippen LogP contribution in [0.3, 0.4) is 0 Å². The van der Waals surface area contributed by atoms with Crippen molar-refractivity contribution in [3.8, 4) is 11.5 Å². The molecule has 0 fully saturated rings. The van der Waals surface area contributed by atoms with Gasteiger partial charge in [0.05, 0.1) is 6.10 Å². The van der Waals surface area contributed by atoms with Crippen LogP contribution in [0.25, 0.3) is 0 Å². The normalized spacial score (nSPS) is 10.5. The van der Waals surface area contributed by atoms with Crippen LogP contribution in [0, 0.1) is 13.8 Å². The van der Waals surface area contributed by atoms with E-state index >= 15 is 0 Å². The van der Waals surface area contributed by atoms with Crippen molar-refractivity contribution in [3.05, 3.63) is 59.2 Å². The van der Waals surface area contributed by atoms with E-state index < -0.39 is 0 Å². The van der Waals surface area contributed by atoms with Gasteiger partial charge in [-0.3, -0.25) is 4.79 Å². The zero-order valence-electron chi connectivity index (χ0n) is 14.8. The third kappa shape index (κ3) is 5.30. The molecule has 0 aliphatic carbocycles. The molecule has 1 amide bonds. The Morgan fingerprint density at radius 3 is 2.46 bits per heavy atom. The Kier molecular flexibility index (Phi) is 6.24. The number of rotatable bonds is 7. The van der Waals surface area contributed by atoms with Gasteiger partial charge < -0.3 is 14.8 Å². The second-order valence-electron chi connectivity index (χ2n) is 6.07. The van der Waals surface area contributed by atoms with Gasteiger partial charge in [-0.15, -0.1) is 0 Å². The Balaban J connectivity index is 1.79. The largest absolute Gasteiger partial charge is 0.491 e. The van der Waals surface area contributed by atoms with Crippen LogP contribution in [-0.4, -0.2) is 18.6 Å². The Labute approximate surface area is 143 Å². The number of hydrogen-bond acceptors (Lipinski definition) is 3. The van der Waals surface area contributed by atoms with E-state index in [0.29, 0.717) is 6.54 Å². The third-order valence-corrected chi connectivity index (χ3v) is 3.70. The van der Waals surface area contributed by atoms with Gasteiger partial charge in [-0.2, -0.15) is 0 Å². The Bertz CT molecular complexity index is 678. The first-order chi connectivity index (χ1) is 11.5.